The van der Waals surface area contributed by atoms with E-state index >= 15 is 0 Å². The number of hydrogen-bond donors (Lipinski definition) is 0. The lowest BCUT2D eigenvalue weighted by molar-refractivity contribution is -0.134. The highest BCUT2D eigenvalue weighted by molar-refractivity contribution is 5.99. The SMILES string of the molecule is C[C@@H]1Cc2ccccc2N1C(=O)CN1CCCCCC1=O. The van der Waals surface area contributed by atoms with Gasteiger partial charge in [0.15, 0.2) is 0 Å². The molecule has 0 spiro atoms. The van der Waals surface area contributed by atoms with E-state index in [4.69, 9.17) is 0 Å². The summed E-state index contributed by atoms with van der Waals surface area (Å²) in [7, 11) is 0. The van der Waals surface area contributed by atoms with Crippen molar-refractivity contribution < 1.29 is 9.59 Å². The normalized spacial score (nSPS) is 22.1. The first-order valence-electron chi connectivity index (χ1n) is 7.84. The van der Waals surface area contributed by atoms with Crippen LogP contribution in [0.25, 0.3) is 0 Å². The molecule has 0 bridgehead atoms. The third-order valence-corrected chi connectivity index (χ3v) is 4.47. The van der Waals surface area contributed by atoms with Gasteiger partial charge in [0.1, 0.15) is 6.54 Å². The van der Waals surface area contributed by atoms with Crippen molar-refractivity contribution in [2.24, 2.45) is 0 Å². The lowest BCUT2D eigenvalue weighted by Crippen LogP contribution is -2.45. The Hall–Kier alpha value is -1.84. The number of likely N-dealkylation sites (tertiary alicyclic amines) is 1. The van der Waals surface area contributed by atoms with Gasteiger partial charge in [0, 0.05) is 24.7 Å². The highest BCUT2D eigenvalue weighted by atomic mass is 16.2. The number of amides is 2. The lowest BCUT2D eigenvalue weighted by Gasteiger charge is -2.27. The molecular formula is C17H22N2O2. The molecule has 21 heavy (non-hydrogen) atoms. The standard InChI is InChI=1S/C17H22N2O2/c1-13-11-14-7-4-5-8-15(14)19(13)17(21)12-18-10-6-2-3-9-16(18)20/h4-5,7-8,13H,2-3,6,9-12H2,1H3/t13-/m1/s1. The lowest BCUT2D eigenvalue weighted by atomic mass is 10.1. The average molecular weight is 286 g/mol. The Balaban J connectivity index is 1.74. The fourth-order valence-corrected chi connectivity index (χ4v) is 3.39. The molecule has 2 amide bonds. The number of hydrogen-bond acceptors (Lipinski definition) is 2. The van der Waals surface area contributed by atoms with Gasteiger partial charge in [-0.1, -0.05) is 24.6 Å². The topological polar surface area (TPSA) is 40.6 Å². The van der Waals surface area contributed by atoms with Crippen LogP contribution in [0.5, 0.6) is 0 Å². The van der Waals surface area contributed by atoms with Crippen molar-refractivity contribution >= 4 is 17.5 Å². The van der Waals surface area contributed by atoms with Crippen LogP contribution in [0.4, 0.5) is 5.69 Å². The van der Waals surface area contributed by atoms with Crippen LogP contribution in [-0.2, 0) is 16.0 Å². The van der Waals surface area contributed by atoms with E-state index in [9.17, 15) is 9.59 Å². The van der Waals surface area contributed by atoms with Crippen LogP contribution in [0.3, 0.4) is 0 Å². The van der Waals surface area contributed by atoms with Crippen molar-refractivity contribution in [2.45, 2.75) is 45.1 Å². The largest absolute Gasteiger partial charge is 0.333 e. The molecule has 1 aromatic rings. The second-order valence-electron chi connectivity index (χ2n) is 6.07. The fraction of sp³-hybridized carbons (Fsp3) is 0.529. The molecule has 1 aromatic carbocycles. The van der Waals surface area contributed by atoms with Gasteiger partial charge in [-0.25, -0.2) is 0 Å². The second kappa shape index (κ2) is 5.88. The summed E-state index contributed by atoms with van der Waals surface area (Å²) in [6.45, 7) is 3.01. The average Bonchev–Trinajstić information content (AvgIpc) is 2.67. The minimum Gasteiger partial charge on any atom is -0.333 e. The summed E-state index contributed by atoms with van der Waals surface area (Å²) < 4.78 is 0. The maximum absolute atomic E-state index is 12.7. The summed E-state index contributed by atoms with van der Waals surface area (Å²) in [4.78, 5) is 28.3. The van der Waals surface area contributed by atoms with Gasteiger partial charge in [0.25, 0.3) is 0 Å². The van der Waals surface area contributed by atoms with Crippen LogP contribution in [0.1, 0.15) is 38.2 Å². The number of carbonyl (C=O) groups is 2. The quantitative estimate of drug-likeness (QED) is 0.837. The molecule has 2 aliphatic heterocycles. The highest BCUT2D eigenvalue weighted by Crippen LogP contribution is 2.31. The van der Waals surface area contributed by atoms with E-state index < -0.39 is 0 Å². The van der Waals surface area contributed by atoms with E-state index in [1.54, 1.807) is 4.90 Å². The van der Waals surface area contributed by atoms with Gasteiger partial charge in [-0.15, -0.1) is 0 Å². The van der Waals surface area contributed by atoms with Crippen molar-refractivity contribution in [1.29, 1.82) is 0 Å². The maximum Gasteiger partial charge on any atom is 0.246 e. The predicted molar refractivity (Wildman–Crippen MR) is 82.1 cm³/mol. The Labute approximate surface area is 125 Å². The van der Waals surface area contributed by atoms with E-state index in [2.05, 4.69) is 13.0 Å². The molecule has 112 valence electrons. The fourth-order valence-electron chi connectivity index (χ4n) is 3.39. The molecule has 0 radical (unpaired) electrons. The van der Waals surface area contributed by atoms with E-state index in [0.717, 1.165) is 31.4 Å². The molecule has 3 rings (SSSR count). The number of nitrogens with zero attached hydrogens (tertiary/aromatic N) is 2. The third-order valence-electron chi connectivity index (χ3n) is 4.47. The van der Waals surface area contributed by atoms with Crippen molar-refractivity contribution in [1.82, 2.24) is 4.90 Å². The zero-order valence-electron chi connectivity index (χ0n) is 12.5. The van der Waals surface area contributed by atoms with Crippen molar-refractivity contribution in [2.75, 3.05) is 18.0 Å². The summed E-state index contributed by atoms with van der Waals surface area (Å²) >= 11 is 0. The molecule has 1 atom stereocenters. The van der Waals surface area contributed by atoms with E-state index in [-0.39, 0.29) is 24.4 Å². The first-order valence-corrected chi connectivity index (χ1v) is 7.84. The van der Waals surface area contributed by atoms with Crippen molar-refractivity contribution in [3.63, 3.8) is 0 Å². The Morgan fingerprint density at radius 2 is 2.05 bits per heavy atom. The van der Waals surface area contributed by atoms with E-state index in [1.807, 2.05) is 23.1 Å². The first-order chi connectivity index (χ1) is 10.2. The molecule has 0 aliphatic carbocycles. The Bertz CT molecular complexity index is 555. The smallest absolute Gasteiger partial charge is 0.246 e. The van der Waals surface area contributed by atoms with E-state index in [1.165, 1.54) is 5.56 Å². The van der Waals surface area contributed by atoms with Crippen LogP contribution in [0.2, 0.25) is 0 Å². The summed E-state index contributed by atoms with van der Waals surface area (Å²) in [6, 6.07) is 8.24. The summed E-state index contributed by atoms with van der Waals surface area (Å²) in [5.41, 5.74) is 2.23. The second-order valence-corrected chi connectivity index (χ2v) is 6.07. The van der Waals surface area contributed by atoms with Crippen LogP contribution < -0.4 is 4.90 Å². The maximum atomic E-state index is 12.7. The van der Waals surface area contributed by atoms with Gasteiger partial charge in [-0.3, -0.25) is 9.59 Å². The minimum absolute atomic E-state index is 0.0442. The molecule has 4 nitrogen and oxygen atoms in total. The number of para-hydroxylation sites is 1. The van der Waals surface area contributed by atoms with Gasteiger partial charge in [-0.2, -0.15) is 0 Å². The van der Waals surface area contributed by atoms with Crippen molar-refractivity contribution in [3.8, 4) is 0 Å². The van der Waals surface area contributed by atoms with Crippen LogP contribution in [0, 0.1) is 0 Å². The number of carbonyl (C=O) groups excluding carboxylic acids is 2. The molecule has 0 N–H and O–H groups in total. The van der Waals surface area contributed by atoms with Gasteiger partial charge < -0.3 is 9.80 Å². The molecule has 0 aromatic heterocycles. The van der Waals surface area contributed by atoms with Crippen LogP contribution in [0.15, 0.2) is 24.3 Å². The first kappa shape index (κ1) is 14.1. The molecule has 0 saturated carbocycles. The monoisotopic (exact) mass is 286 g/mol. The van der Waals surface area contributed by atoms with Crippen LogP contribution >= 0.6 is 0 Å². The van der Waals surface area contributed by atoms with E-state index in [0.29, 0.717) is 13.0 Å². The summed E-state index contributed by atoms with van der Waals surface area (Å²) in [6.07, 6.45) is 4.52. The Kier molecular flexibility index (Phi) is 3.95. The number of benzene rings is 1. The molecule has 2 heterocycles. The van der Waals surface area contributed by atoms with Crippen LogP contribution in [-0.4, -0.2) is 35.8 Å². The Morgan fingerprint density at radius 3 is 2.90 bits per heavy atom. The predicted octanol–water partition coefficient (Wildman–Crippen LogP) is 2.37. The third kappa shape index (κ3) is 2.80. The highest BCUT2D eigenvalue weighted by Gasteiger charge is 2.32. The molecule has 1 fully saturated rings. The summed E-state index contributed by atoms with van der Waals surface area (Å²) in [5.74, 6) is 0.170. The zero-order chi connectivity index (χ0) is 14.8. The van der Waals surface area contributed by atoms with Gasteiger partial charge in [0.05, 0.1) is 0 Å². The molecule has 2 aliphatic rings. The Morgan fingerprint density at radius 1 is 1.24 bits per heavy atom. The molecule has 0 unspecified atom stereocenters. The number of anilines is 1. The van der Waals surface area contributed by atoms with Gasteiger partial charge in [0.2, 0.25) is 11.8 Å². The molecular weight excluding hydrogens is 264 g/mol. The minimum atomic E-state index is 0.0442. The molecule has 4 heteroatoms. The molecule has 1 saturated heterocycles. The van der Waals surface area contributed by atoms with Crippen molar-refractivity contribution in [3.05, 3.63) is 29.8 Å². The number of fused-ring (bicyclic) bond motifs is 1. The zero-order valence-corrected chi connectivity index (χ0v) is 12.5. The summed E-state index contributed by atoms with van der Waals surface area (Å²) in [5, 5.41) is 0. The van der Waals surface area contributed by atoms with Gasteiger partial charge >= 0.3 is 0 Å². The number of rotatable bonds is 2. The van der Waals surface area contributed by atoms with Gasteiger partial charge in [-0.05, 0) is 37.8 Å².